The van der Waals surface area contributed by atoms with Gasteiger partial charge in [-0.3, -0.25) is 0 Å². The Morgan fingerprint density at radius 3 is 2.20 bits per heavy atom. The molecule has 0 amide bonds. The summed E-state index contributed by atoms with van der Waals surface area (Å²) in [6, 6.07) is 0. The molecule has 10 heavy (non-hydrogen) atoms. The molecule has 1 aromatic rings. The molecular weight excluding hydrogens is 180 g/mol. The molecule has 0 atom stereocenters. The minimum Gasteiger partial charge on any atom is -0.121 e. The minimum atomic E-state index is 0.276. The number of hydrogen-bond acceptors (Lipinski definition) is 3. The van der Waals surface area contributed by atoms with Gasteiger partial charge in [-0.25, -0.2) is 0 Å². The SMILES string of the molecule is CC(C)(C)c1csc(=S)s1. The molecule has 56 valence electrons. The lowest BCUT2D eigenvalue weighted by atomic mass is 9.96. The molecule has 0 aliphatic heterocycles. The van der Waals surface area contributed by atoms with Gasteiger partial charge in [0.1, 0.15) is 3.14 Å². The standard InChI is InChI=1S/C7H10S3/c1-7(2,3)5-4-9-6(8)10-5/h4H,1-3H3. The van der Waals surface area contributed by atoms with Crippen molar-refractivity contribution < 1.29 is 0 Å². The zero-order valence-corrected chi connectivity index (χ0v) is 8.75. The van der Waals surface area contributed by atoms with Gasteiger partial charge in [0.2, 0.25) is 0 Å². The topological polar surface area (TPSA) is 0 Å². The molecule has 0 aliphatic carbocycles. The van der Waals surface area contributed by atoms with Crippen LogP contribution in [0.2, 0.25) is 0 Å². The maximum absolute atomic E-state index is 5.04. The van der Waals surface area contributed by atoms with Gasteiger partial charge < -0.3 is 0 Å². The molecule has 0 nitrogen and oxygen atoms in total. The average Bonchev–Trinajstić information content (AvgIpc) is 2.11. The van der Waals surface area contributed by atoms with Gasteiger partial charge in [0, 0.05) is 10.3 Å². The van der Waals surface area contributed by atoms with Crippen LogP contribution >= 0.6 is 34.9 Å². The molecule has 3 heteroatoms. The van der Waals surface area contributed by atoms with Gasteiger partial charge >= 0.3 is 0 Å². The monoisotopic (exact) mass is 190 g/mol. The van der Waals surface area contributed by atoms with Crippen LogP contribution in [-0.2, 0) is 5.41 Å². The first-order valence-corrected chi connectivity index (χ1v) is 5.20. The molecule has 0 aromatic carbocycles. The van der Waals surface area contributed by atoms with Crippen molar-refractivity contribution in [2.24, 2.45) is 0 Å². The second-order valence-corrected chi connectivity index (χ2v) is 6.32. The second-order valence-electron chi connectivity index (χ2n) is 3.20. The Hall–Kier alpha value is 0.270. The third-order valence-corrected chi connectivity index (χ3v) is 4.08. The quantitative estimate of drug-likeness (QED) is 0.560. The van der Waals surface area contributed by atoms with Crippen molar-refractivity contribution in [3.63, 3.8) is 0 Å². The lowest BCUT2D eigenvalue weighted by Crippen LogP contribution is -2.07. The highest BCUT2D eigenvalue weighted by atomic mass is 32.2. The zero-order valence-electron chi connectivity index (χ0n) is 6.30. The van der Waals surface area contributed by atoms with E-state index in [1.165, 1.54) is 4.88 Å². The summed E-state index contributed by atoms with van der Waals surface area (Å²) in [7, 11) is 0. The Morgan fingerprint density at radius 1 is 1.40 bits per heavy atom. The van der Waals surface area contributed by atoms with Crippen molar-refractivity contribution in [3.8, 4) is 0 Å². The minimum absolute atomic E-state index is 0.276. The van der Waals surface area contributed by atoms with Crippen molar-refractivity contribution >= 4 is 34.9 Å². The highest BCUT2D eigenvalue weighted by Gasteiger charge is 2.14. The largest absolute Gasteiger partial charge is 0.143 e. The second kappa shape index (κ2) is 2.72. The van der Waals surface area contributed by atoms with E-state index >= 15 is 0 Å². The highest BCUT2D eigenvalue weighted by molar-refractivity contribution is 7.76. The van der Waals surface area contributed by atoms with E-state index in [-0.39, 0.29) is 5.41 Å². The van der Waals surface area contributed by atoms with E-state index in [2.05, 4.69) is 26.2 Å². The van der Waals surface area contributed by atoms with Crippen LogP contribution in [0.15, 0.2) is 5.38 Å². The number of rotatable bonds is 0. The van der Waals surface area contributed by atoms with Gasteiger partial charge in [-0.05, 0) is 5.41 Å². The third kappa shape index (κ3) is 1.87. The van der Waals surface area contributed by atoms with Gasteiger partial charge in [0.25, 0.3) is 0 Å². The Labute approximate surface area is 74.5 Å². The summed E-state index contributed by atoms with van der Waals surface area (Å²) in [5.74, 6) is 0. The van der Waals surface area contributed by atoms with Crippen LogP contribution in [0.4, 0.5) is 0 Å². The van der Waals surface area contributed by atoms with Crippen LogP contribution < -0.4 is 0 Å². The summed E-state index contributed by atoms with van der Waals surface area (Å²) in [6.45, 7) is 6.63. The first kappa shape index (κ1) is 8.37. The lowest BCUT2D eigenvalue weighted by molar-refractivity contribution is 0.605. The summed E-state index contributed by atoms with van der Waals surface area (Å²) in [6.07, 6.45) is 0. The van der Waals surface area contributed by atoms with Gasteiger partial charge in [0.15, 0.2) is 0 Å². The Bertz CT molecular complexity index is 261. The summed E-state index contributed by atoms with van der Waals surface area (Å²) in [4.78, 5) is 1.39. The highest BCUT2D eigenvalue weighted by Crippen LogP contribution is 2.29. The van der Waals surface area contributed by atoms with E-state index < -0.39 is 0 Å². The van der Waals surface area contributed by atoms with Gasteiger partial charge in [0.05, 0.1) is 0 Å². The zero-order chi connectivity index (χ0) is 7.78. The molecule has 1 heterocycles. The predicted octanol–water partition coefficient (Wildman–Crippen LogP) is 3.84. The summed E-state index contributed by atoms with van der Waals surface area (Å²) < 4.78 is 1.03. The molecule has 1 rings (SSSR count). The molecule has 0 aliphatic rings. The fraction of sp³-hybridized carbons (Fsp3) is 0.571. The molecule has 0 N–H and O–H groups in total. The lowest BCUT2D eigenvalue weighted by Gasteiger charge is -2.14. The van der Waals surface area contributed by atoms with E-state index in [0.29, 0.717) is 0 Å². The third-order valence-electron chi connectivity index (χ3n) is 1.19. The maximum atomic E-state index is 5.04. The van der Waals surface area contributed by atoms with Crippen LogP contribution in [0.5, 0.6) is 0 Å². The van der Waals surface area contributed by atoms with Crippen LogP contribution in [0, 0.1) is 3.14 Å². The van der Waals surface area contributed by atoms with Crippen molar-refractivity contribution in [2.75, 3.05) is 0 Å². The van der Waals surface area contributed by atoms with Gasteiger partial charge in [-0.15, -0.1) is 22.7 Å². The van der Waals surface area contributed by atoms with Gasteiger partial charge in [-0.1, -0.05) is 33.0 Å². The number of hydrogen-bond donors (Lipinski definition) is 0. The van der Waals surface area contributed by atoms with Crippen LogP contribution in [0.25, 0.3) is 0 Å². The van der Waals surface area contributed by atoms with Crippen LogP contribution in [-0.4, -0.2) is 0 Å². The normalized spacial score (nSPS) is 11.9. The first-order chi connectivity index (χ1) is 4.50. The van der Waals surface area contributed by atoms with Crippen LogP contribution in [0.3, 0.4) is 0 Å². The summed E-state index contributed by atoms with van der Waals surface area (Å²) >= 11 is 8.43. The molecule has 1 aromatic heterocycles. The molecule has 0 radical (unpaired) electrons. The van der Waals surface area contributed by atoms with Crippen molar-refractivity contribution in [1.82, 2.24) is 0 Å². The Kier molecular flexibility index (Phi) is 2.28. The fourth-order valence-corrected chi connectivity index (χ4v) is 2.97. The first-order valence-electron chi connectivity index (χ1n) is 3.09. The Morgan fingerprint density at radius 2 is 2.00 bits per heavy atom. The van der Waals surface area contributed by atoms with Crippen molar-refractivity contribution in [1.29, 1.82) is 0 Å². The van der Waals surface area contributed by atoms with E-state index in [1.807, 2.05) is 0 Å². The summed E-state index contributed by atoms with van der Waals surface area (Å²) in [5.41, 5.74) is 0.276. The maximum Gasteiger partial charge on any atom is 0.143 e. The smallest absolute Gasteiger partial charge is 0.121 e. The molecule has 0 bridgehead atoms. The van der Waals surface area contributed by atoms with E-state index in [9.17, 15) is 0 Å². The fourth-order valence-electron chi connectivity index (χ4n) is 0.569. The van der Waals surface area contributed by atoms with Gasteiger partial charge in [-0.2, -0.15) is 0 Å². The van der Waals surface area contributed by atoms with E-state index in [0.717, 1.165) is 3.14 Å². The Balaban J connectivity index is 3.07. The van der Waals surface area contributed by atoms with Crippen molar-refractivity contribution in [3.05, 3.63) is 13.4 Å². The van der Waals surface area contributed by atoms with E-state index in [1.54, 1.807) is 22.7 Å². The molecule has 0 spiro atoms. The average molecular weight is 190 g/mol. The molecule has 0 saturated carbocycles. The predicted molar refractivity (Wildman–Crippen MR) is 51.7 cm³/mol. The molecule has 0 unspecified atom stereocenters. The van der Waals surface area contributed by atoms with Crippen molar-refractivity contribution in [2.45, 2.75) is 26.2 Å². The van der Waals surface area contributed by atoms with Crippen LogP contribution in [0.1, 0.15) is 25.6 Å². The summed E-state index contributed by atoms with van der Waals surface area (Å²) in [5, 5.41) is 2.16. The molecule has 0 saturated heterocycles. The molecule has 0 fully saturated rings. The van der Waals surface area contributed by atoms with E-state index in [4.69, 9.17) is 12.2 Å². The molecular formula is C7H10S3.